The highest BCUT2D eigenvalue weighted by molar-refractivity contribution is 8.15. The van der Waals surface area contributed by atoms with Crippen LogP contribution in [0.2, 0.25) is 0 Å². The second kappa shape index (κ2) is 10.8. The van der Waals surface area contributed by atoms with Crippen molar-refractivity contribution < 1.29 is 14.3 Å². The molecular formula is C30H30N4O3S. The molecule has 8 heteroatoms. The number of ether oxygens (including phenoxy) is 1. The van der Waals surface area contributed by atoms with Crippen LogP contribution in [-0.2, 0) is 9.59 Å². The number of rotatable bonds is 6. The number of benzene rings is 3. The van der Waals surface area contributed by atoms with Crippen molar-refractivity contribution in [1.82, 2.24) is 5.01 Å². The molecule has 0 unspecified atom stereocenters. The van der Waals surface area contributed by atoms with E-state index in [9.17, 15) is 9.59 Å². The van der Waals surface area contributed by atoms with Gasteiger partial charge in [-0.05, 0) is 67.3 Å². The highest BCUT2D eigenvalue weighted by Gasteiger charge is 2.39. The lowest BCUT2D eigenvalue weighted by molar-refractivity contribution is -0.121. The van der Waals surface area contributed by atoms with Crippen LogP contribution in [0.3, 0.4) is 0 Å². The molecule has 0 aliphatic carbocycles. The maximum absolute atomic E-state index is 12.9. The fraction of sp³-hybridized carbons (Fsp3) is 0.267. The number of amides is 2. The minimum Gasteiger partial charge on any atom is -0.497 e. The number of amidine groups is 1. The normalized spacial score (nSPS) is 18.8. The standard InChI is InChI=1S/C30H30N4O3S/c1-18-5-7-21(8-6-18)25-16-26(22-9-11-24(37-4)12-10-22)34(33-25)30-32-29(36)27(38-30)17-28(35)31-23-14-19(2)13-20(3)15-23/h5-15,26-27H,16-17H2,1-4H3,(H,31,35)/t26-,27+/m0/s1. The second-order valence-electron chi connectivity index (χ2n) is 9.72. The Morgan fingerprint density at radius 2 is 1.68 bits per heavy atom. The van der Waals surface area contributed by atoms with Crippen LogP contribution in [0.15, 0.2) is 76.8 Å². The smallest absolute Gasteiger partial charge is 0.262 e. The molecule has 3 aromatic rings. The van der Waals surface area contributed by atoms with Crippen LogP contribution in [0.4, 0.5) is 5.69 Å². The molecule has 2 amide bonds. The molecule has 0 radical (unpaired) electrons. The molecule has 194 valence electrons. The van der Waals surface area contributed by atoms with Gasteiger partial charge < -0.3 is 10.1 Å². The zero-order chi connectivity index (χ0) is 26.8. The number of aliphatic imine (C=N–C) groups is 1. The highest BCUT2D eigenvalue weighted by Crippen LogP contribution is 2.39. The van der Waals surface area contributed by atoms with Crippen LogP contribution in [-0.4, -0.2) is 40.1 Å². The summed E-state index contributed by atoms with van der Waals surface area (Å²) in [6, 6.07) is 21.9. The Bertz CT molecular complexity index is 1410. The number of aryl methyl sites for hydroxylation is 3. The number of hydrogen-bond acceptors (Lipinski definition) is 6. The number of hydrogen-bond donors (Lipinski definition) is 1. The second-order valence-corrected chi connectivity index (χ2v) is 10.9. The number of hydrazone groups is 1. The van der Waals surface area contributed by atoms with E-state index in [0.29, 0.717) is 11.6 Å². The summed E-state index contributed by atoms with van der Waals surface area (Å²) in [5.74, 6) is 0.248. The van der Waals surface area contributed by atoms with Crippen LogP contribution in [0.25, 0.3) is 0 Å². The minimum absolute atomic E-state index is 0.0407. The van der Waals surface area contributed by atoms with Crippen molar-refractivity contribution in [3.63, 3.8) is 0 Å². The molecule has 38 heavy (non-hydrogen) atoms. The number of nitrogens with one attached hydrogen (secondary N) is 1. The predicted molar refractivity (Wildman–Crippen MR) is 153 cm³/mol. The van der Waals surface area contributed by atoms with Crippen molar-refractivity contribution in [3.8, 4) is 5.75 Å². The molecule has 2 heterocycles. The molecule has 0 fully saturated rings. The largest absolute Gasteiger partial charge is 0.497 e. The molecule has 2 aliphatic heterocycles. The van der Waals surface area contributed by atoms with Crippen molar-refractivity contribution in [1.29, 1.82) is 0 Å². The average molecular weight is 527 g/mol. The Hall–Kier alpha value is -3.91. The van der Waals surface area contributed by atoms with E-state index in [1.165, 1.54) is 17.3 Å². The molecular weight excluding hydrogens is 496 g/mol. The number of nitrogens with zero attached hydrogens (tertiary/aromatic N) is 3. The van der Waals surface area contributed by atoms with E-state index in [-0.39, 0.29) is 24.3 Å². The van der Waals surface area contributed by atoms with Crippen LogP contribution in [0.1, 0.15) is 46.7 Å². The van der Waals surface area contributed by atoms with Gasteiger partial charge >= 0.3 is 0 Å². The van der Waals surface area contributed by atoms with Gasteiger partial charge in [0.05, 0.1) is 18.9 Å². The highest BCUT2D eigenvalue weighted by atomic mass is 32.2. The summed E-state index contributed by atoms with van der Waals surface area (Å²) in [7, 11) is 1.64. The monoisotopic (exact) mass is 526 g/mol. The van der Waals surface area contributed by atoms with E-state index in [1.807, 2.05) is 61.3 Å². The Kier molecular flexibility index (Phi) is 7.33. The van der Waals surface area contributed by atoms with Crippen LogP contribution < -0.4 is 10.1 Å². The summed E-state index contributed by atoms with van der Waals surface area (Å²) in [4.78, 5) is 30.0. The first kappa shape index (κ1) is 25.7. The van der Waals surface area contributed by atoms with Crippen molar-refractivity contribution in [2.75, 3.05) is 12.4 Å². The van der Waals surface area contributed by atoms with E-state index in [4.69, 9.17) is 9.84 Å². The van der Waals surface area contributed by atoms with Gasteiger partial charge in [0.2, 0.25) is 5.91 Å². The minimum atomic E-state index is -0.592. The van der Waals surface area contributed by atoms with E-state index < -0.39 is 5.25 Å². The summed E-state index contributed by atoms with van der Waals surface area (Å²) in [5.41, 5.74) is 7.06. The third kappa shape index (κ3) is 5.65. The summed E-state index contributed by atoms with van der Waals surface area (Å²) >= 11 is 1.30. The van der Waals surface area contributed by atoms with Gasteiger partial charge in [-0.3, -0.25) is 9.59 Å². The van der Waals surface area contributed by atoms with Crippen molar-refractivity contribution >= 4 is 40.1 Å². The molecule has 2 aliphatic rings. The number of carbonyl (C=O) groups excluding carboxylic acids is 2. The molecule has 0 saturated heterocycles. The zero-order valence-electron chi connectivity index (χ0n) is 21.9. The molecule has 0 spiro atoms. The third-order valence-electron chi connectivity index (χ3n) is 6.60. The van der Waals surface area contributed by atoms with Crippen LogP contribution in [0.5, 0.6) is 5.75 Å². The fourth-order valence-electron chi connectivity index (χ4n) is 4.72. The van der Waals surface area contributed by atoms with Gasteiger partial charge in [-0.25, -0.2) is 5.01 Å². The van der Waals surface area contributed by atoms with Crippen molar-refractivity contribution in [2.24, 2.45) is 10.1 Å². The summed E-state index contributed by atoms with van der Waals surface area (Å²) in [6.07, 6.45) is 0.708. The first-order valence-corrected chi connectivity index (χ1v) is 13.4. The molecule has 7 nitrogen and oxygen atoms in total. The predicted octanol–water partition coefficient (Wildman–Crippen LogP) is 5.80. The molecule has 0 saturated carbocycles. The molecule has 0 bridgehead atoms. The third-order valence-corrected chi connectivity index (χ3v) is 7.74. The van der Waals surface area contributed by atoms with Crippen LogP contribution >= 0.6 is 11.8 Å². The molecule has 5 rings (SSSR count). The topological polar surface area (TPSA) is 83.4 Å². The van der Waals surface area contributed by atoms with Gasteiger partial charge in [0, 0.05) is 18.5 Å². The Morgan fingerprint density at radius 1 is 1.00 bits per heavy atom. The first-order valence-electron chi connectivity index (χ1n) is 12.5. The lowest BCUT2D eigenvalue weighted by Gasteiger charge is -2.23. The SMILES string of the molecule is COc1ccc([C@@H]2CC(c3ccc(C)cc3)=NN2C2=NC(=O)[C@@H](CC(=O)Nc3cc(C)cc(C)c3)S2)cc1. The van der Waals surface area contributed by atoms with E-state index >= 15 is 0 Å². The van der Waals surface area contributed by atoms with Crippen LogP contribution in [0, 0.1) is 20.8 Å². The molecule has 2 atom stereocenters. The lowest BCUT2D eigenvalue weighted by atomic mass is 9.98. The maximum atomic E-state index is 12.9. The number of carbonyl (C=O) groups is 2. The molecule has 0 aromatic heterocycles. The summed E-state index contributed by atoms with van der Waals surface area (Å²) in [6.45, 7) is 6.03. The quantitative estimate of drug-likeness (QED) is 0.439. The van der Waals surface area contributed by atoms with Gasteiger partial charge in [-0.1, -0.05) is 59.8 Å². The van der Waals surface area contributed by atoms with Gasteiger partial charge in [0.1, 0.15) is 11.0 Å². The van der Waals surface area contributed by atoms with Gasteiger partial charge in [0.15, 0.2) is 5.17 Å². The maximum Gasteiger partial charge on any atom is 0.262 e. The summed E-state index contributed by atoms with van der Waals surface area (Å²) in [5, 5.41) is 9.60. The number of thioether (sulfide) groups is 1. The Balaban J connectivity index is 1.35. The Labute approximate surface area is 227 Å². The van der Waals surface area contributed by atoms with Crippen molar-refractivity contribution in [3.05, 3.63) is 94.5 Å². The Morgan fingerprint density at radius 3 is 2.34 bits per heavy atom. The van der Waals surface area contributed by atoms with E-state index in [2.05, 4.69) is 41.5 Å². The van der Waals surface area contributed by atoms with Gasteiger partial charge in [0.25, 0.3) is 5.91 Å². The summed E-state index contributed by atoms with van der Waals surface area (Å²) < 4.78 is 5.33. The zero-order valence-corrected chi connectivity index (χ0v) is 22.7. The van der Waals surface area contributed by atoms with E-state index in [1.54, 1.807) is 7.11 Å². The molecule has 3 aromatic carbocycles. The van der Waals surface area contributed by atoms with Crippen molar-refractivity contribution in [2.45, 2.75) is 44.9 Å². The fourth-order valence-corrected chi connectivity index (χ4v) is 5.79. The van der Waals surface area contributed by atoms with Gasteiger partial charge in [-0.2, -0.15) is 10.1 Å². The van der Waals surface area contributed by atoms with Gasteiger partial charge in [-0.15, -0.1) is 0 Å². The number of anilines is 1. The van der Waals surface area contributed by atoms with E-state index in [0.717, 1.165) is 39.4 Å². The average Bonchev–Trinajstić information content (AvgIpc) is 3.48. The first-order chi connectivity index (χ1) is 18.3. The number of methoxy groups -OCH3 is 1. The lowest BCUT2D eigenvalue weighted by Crippen LogP contribution is -2.25. The molecule has 1 N–H and O–H groups in total.